The Morgan fingerprint density at radius 2 is 1.83 bits per heavy atom. The summed E-state index contributed by atoms with van der Waals surface area (Å²) in [5, 5.41) is 13.2. The van der Waals surface area contributed by atoms with E-state index in [0.717, 1.165) is 17.5 Å². The van der Waals surface area contributed by atoms with E-state index in [-0.39, 0.29) is 5.92 Å². The molecule has 0 saturated carbocycles. The van der Waals surface area contributed by atoms with Crippen LogP contribution in [0.3, 0.4) is 0 Å². The van der Waals surface area contributed by atoms with Gasteiger partial charge < -0.3 is 10.0 Å². The topological polar surface area (TPSA) is 23.5 Å². The monoisotopic (exact) mass is 307 g/mol. The maximum absolute atomic E-state index is 10.8. The molecule has 23 heavy (non-hydrogen) atoms. The van der Waals surface area contributed by atoms with Gasteiger partial charge in [0.2, 0.25) is 0 Å². The fraction of sp³-hybridized carbons (Fsp3) is 0.333. The van der Waals surface area contributed by atoms with Gasteiger partial charge in [0.1, 0.15) is 0 Å². The number of hydrogen-bond donors (Lipinski definition) is 1. The van der Waals surface area contributed by atoms with Crippen molar-refractivity contribution in [2.75, 3.05) is 20.6 Å². The molecule has 3 rings (SSSR count). The largest absolute Gasteiger partial charge is 0.386 e. The molecule has 0 saturated heterocycles. The van der Waals surface area contributed by atoms with Crippen LogP contribution in [-0.2, 0) is 5.60 Å². The standard InChI is InChI=1S/C21H25NO/c1-21(2,23)20-18-10-6-5-8-15(18)12-13-19(20)17-11-7-9-16(17)14-22(3)4/h5-13,17,23H,14H2,1-4H3. The molecule has 1 atom stereocenters. The van der Waals surface area contributed by atoms with Gasteiger partial charge in [0.15, 0.2) is 0 Å². The molecule has 0 aliphatic heterocycles. The van der Waals surface area contributed by atoms with Crippen molar-refractivity contribution >= 4 is 10.8 Å². The quantitative estimate of drug-likeness (QED) is 0.914. The van der Waals surface area contributed by atoms with Crippen LogP contribution in [0.4, 0.5) is 0 Å². The highest BCUT2D eigenvalue weighted by Gasteiger charge is 2.28. The number of nitrogens with zero attached hydrogens (tertiary/aromatic N) is 1. The second-order valence-electron chi connectivity index (χ2n) is 7.15. The van der Waals surface area contributed by atoms with Crippen molar-refractivity contribution in [2.45, 2.75) is 25.4 Å². The third-order valence-electron chi connectivity index (χ3n) is 4.42. The molecule has 0 spiro atoms. The van der Waals surface area contributed by atoms with Gasteiger partial charge in [0.05, 0.1) is 5.60 Å². The van der Waals surface area contributed by atoms with E-state index in [0.29, 0.717) is 0 Å². The molecule has 0 bridgehead atoms. The molecule has 1 aliphatic rings. The molecule has 1 aliphatic carbocycles. The second kappa shape index (κ2) is 5.95. The summed E-state index contributed by atoms with van der Waals surface area (Å²) in [5.74, 6) is 0.239. The minimum Gasteiger partial charge on any atom is -0.386 e. The van der Waals surface area contributed by atoms with E-state index in [1.807, 2.05) is 26.0 Å². The van der Waals surface area contributed by atoms with Gasteiger partial charge in [0, 0.05) is 12.5 Å². The maximum Gasteiger partial charge on any atom is 0.0849 e. The van der Waals surface area contributed by atoms with Crippen LogP contribution in [0.2, 0.25) is 0 Å². The third-order valence-corrected chi connectivity index (χ3v) is 4.42. The van der Waals surface area contributed by atoms with Gasteiger partial charge in [-0.15, -0.1) is 0 Å². The molecule has 1 unspecified atom stereocenters. The normalized spacial score (nSPS) is 18.0. The summed E-state index contributed by atoms with van der Waals surface area (Å²) in [7, 11) is 4.18. The molecule has 0 radical (unpaired) electrons. The average molecular weight is 307 g/mol. The lowest BCUT2D eigenvalue weighted by molar-refractivity contribution is 0.0791. The minimum atomic E-state index is -0.879. The van der Waals surface area contributed by atoms with Crippen LogP contribution < -0.4 is 0 Å². The zero-order valence-corrected chi connectivity index (χ0v) is 14.4. The second-order valence-corrected chi connectivity index (χ2v) is 7.15. The van der Waals surface area contributed by atoms with E-state index >= 15 is 0 Å². The Balaban J connectivity index is 2.18. The van der Waals surface area contributed by atoms with Crippen molar-refractivity contribution in [1.82, 2.24) is 4.90 Å². The Morgan fingerprint density at radius 3 is 2.52 bits per heavy atom. The molecule has 0 fully saturated rings. The van der Waals surface area contributed by atoms with E-state index in [2.05, 4.69) is 61.5 Å². The fourth-order valence-electron chi connectivity index (χ4n) is 3.57. The summed E-state index contributed by atoms with van der Waals surface area (Å²) in [6.07, 6.45) is 6.57. The lowest BCUT2D eigenvalue weighted by Crippen LogP contribution is -2.22. The number of likely N-dealkylation sites (N-methyl/N-ethyl adjacent to an activating group) is 1. The number of benzene rings is 2. The van der Waals surface area contributed by atoms with Crippen LogP contribution in [0.1, 0.15) is 30.9 Å². The SMILES string of the molecule is CN(C)CC1=CC=CC1c1ccc2ccccc2c1C(C)(C)O. The molecular formula is C21H25NO. The van der Waals surface area contributed by atoms with Crippen molar-refractivity contribution < 1.29 is 5.11 Å². The minimum absolute atomic E-state index is 0.239. The van der Waals surface area contributed by atoms with E-state index in [1.54, 1.807) is 0 Å². The summed E-state index contributed by atoms with van der Waals surface area (Å²) in [6, 6.07) is 12.7. The van der Waals surface area contributed by atoms with Gasteiger partial charge in [0.25, 0.3) is 0 Å². The van der Waals surface area contributed by atoms with Crippen LogP contribution in [0.25, 0.3) is 10.8 Å². The molecular weight excluding hydrogens is 282 g/mol. The van der Waals surface area contributed by atoms with Gasteiger partial charge in [-0.05, 0) is 55.4 Å². The first-order chi connectivity index (χ1) is 10.9. The van der Waals surface area contributed by atoms with E-state index in [1.165, 1.54) is 16.5 Å². The highest BCUT2D eigenvalue weighted by Crippen LogP contribution is 2.40. The van der Waals surface area contributed by atoms with Crippen LogP contribution in [-0.4, -0.2) is 30.6 Å². The van der Waals surface area contributed by atoms with Crippen LogP contribution in [0.15, 0.2) is 60.2 Å². The molecule has 2 aromatic carbocycles. The zero-order chi connectivity index (χ0) is 16.6. The summed E-state index contributed by atoms with van der Waals surface area (Å²) >= 11 is 0. The number of allylic oxidation sites excluding steroid dienone is 3. The van der Waals surface area contributed by atoms with Crippen LogP contribution in [0, 0.1) is 0 Å². The van der Waals surface area contributed by atoms with Crippen LogP contribution >= 0.6 is 0 Å². The van der Waals surface area contributed by atoms with Crippen LogP contribution in [0.5, 0.6) is 0 Å². The van der Waals surface area contributed by atoms with E-state index in [4.69, 9.17) is 0 Å². The van der Waals surface area contributed by atoms with E-state index < -0.39 is 5.60 Å². The number of rotatable bonds is 4. The lowest BCUT2D eigenvalue weighted by atomic mass is 9.81. The van der Waals surface area contributed by atoms with E-state index in [9.17, 15) is 5.11 Å². The van der Waals surface area contributed by atoms with Gasteiger partial charge in [-0.2, -0.15) is 0 Å². The summed E-state index contributed by atoms with van der Waals surface area (Å²) < 4.78 is 0. The van der Waals surface area contributed by atoms with Gasteiger partial charge >= 0.3 is 0 Å². The molecule has 2 aromatic rings. The fourth-order valence-corrected chi connectivity index (χ4v) is 3.57. The predicted molar refractivity (Wildman–Crippen MR) is 97.7 cm³/mol. The summed E-state index contributed by atoms with van der Waals surface area (Å²) in [6.45, 7) is 4.69. The first kappa shape index (κ1) is 16.0. The number of aliphatic hydroxyl groups is 1. The molecule has 0 amide bonds. The van der Waals surface area contributed by atoms with Crippen molar-refractivity contribution in [1.29, 1.82) is 0 Å². The molecule has 0 heterocycles. The van der Waals surface area contributed by atoms with Crippen molar-refractivity contribution in [3.63, 3.8) is 0 Å². The highest BCUT2D eigenvalue weighted by molar-refractivity contribution is 5.88. The molecule has 2 nitrogen and oxygen atoms in total. The van der Waals surface area contributed by atoms with Crippen molar-refractivity contribution in [3.05, 3.63) is 71.3 Å². The molecule has 2 heteroatoms. The predicted octanol–water partition coefficient (Wildman–Crippen LogP) is 4.21. The Labute approximate surface area is 138 Å². The number of fused-ring (bicyclic) bond motifs is 1. The Morgan fingerprint density at radius 1 is 1.09 bits per heavy atom. The summed E-state index contributed by atoms with van der Waals surface area (Å²) in [4.78, 5) is 2.19. The van der Waals surface area contributed by atoms with Gasteiger partial charge in [-0.25, -0.2) is 0 Å². The van der Waals surface area contributed by atoms with Gasteiger partial charge in [-0.3, -0.25) is 0 Å². The van der Waals surface area contributed by atoms with Crippen molar-refractivity contribution in [3.8, 4) is 0 Å². The van der Waals surface area contributed by atoms with Crippen molar-refractivity contribution in [2.24, 2.45) is 0 Å². The number of hydrogen-bond acceptors (Lipinski definition) is 2. The summed E-state index contributed by atoms with van der Waals surface area (Å²) in [5.41, 5.74) is 2.74. The first-order valence-corrected chi connectivity index (χ1v) is 8.14. The zero-order valence-electron chi connectivity index (χ0n) is 14.4. The lowest BCUT2D eigenvalue weighted by Gasteiger charge is -2.28. The maximum atomic E-state index is 10.8. The highest BCUT2D eigenvalue weighted by atomic mass is 16.3. The Bertz CT molecular complexity index is 778. The van der Waals surface area contributed by atoms with Gasteiger partial charge in [-0.1, -0.05) is 54.6 Å². The average Bonchev–Trinajstić information content (AvgIpc) is 2.92. The Kier molecular flexibility index (Phi) is 4.13. The Hall–Kier alpha value is -1.90. The smallest absolute Gasteiger partial charge is 0.0849 e. The molecule has 1 N–H and O–H groups in total. The third kappa shape index (κ3) is 3.10. The first-order valence-electron chi connectivity index (χ1n) is 8.14. The molecule has 120 valence electrons. The molecule has 0 aromatic heterocycles.